The van der Waals surface area contributed by atoms with E-state index in [4.69, 9.17) is 0 Å². The minimum atomic E-state index is -0.399. The predicted molar refractivity (Wildman–Crippen MR) is 93.5 cm³/mol. The van der Waals surface area contributed by atoms with E-state index in [2.05, 4.69) is 13.0 Å². The molecule has 2 amide bonds. The van der Waals surface area contributed by atoms with E-state index in [0.717, 1.165) is 37.9 Å². The van der Waals surface area contributed by atoms with Crippen molar-refractivity contribution in [3.05, 3.63) is 29.8 Å². The summed E-state index contributed by atoms with van der Waals surface area (Å²) in [5.74, 6) is 0.116. The molecular formula is C19H28N2O2. The van der Waals surface area contributed by atoms with Crippen molar-refractivity contribution in [1.29, 1.82) is 0 Å². The zero-order chi connectivity index (χ0) is 16.8. The van der Waals surface area contributed by atoms with Crippen LogP contribution in [0.4, 0.5) is 5.69 Å². The Labute approximate surface area is 139 Å². The van der Waals surface area contributed by atoms with E-state index in [1.807, 2.05) is 32.2 Å². The zero-order valence-electron chi connectivity index (χ0n) is 14.5. The molecule has 0 N–H and O–H groups in total. The van der Waals surface area contributed by atoms with Crippen molar-refractivity contribution in [1.82, 2.24) is 4.90 Å². The van der Waals surface area contributed by atoms with Gasteiger partial charge in [-0.1, -0.05) is 38.5 Å². The number of unbranched alkanes of at least 4 members (excludes halogenated alkanes) is 1. The zero-order valence-corrected chi connectivity index (χ0v) is 14.5. The number of hydrogen-bond acceptors (Lipinski definition) is 2. The molecule has 126 valence electrons. The summed E-state index contributed by atoms with van der Waals surface area (Å²) in [5, 5.41) is 0. The Kier molecular flexibility index (Phi) is 6.20. The Morgan fingerprint density at radius 1 is 1.26 bits per heavy atom. The van der Waals surface area contributed by atoms with Crippen LogP contribution >= 0.6 is 0 Å². The first-order chi connectivity index (χ1) is 11.1. The molecule has 4 heteroatoms. The van der Waals surface area contributed by atoms with Gasteiger partial charge in [0.2, 0.25) is 11.8 Å². The molecule has 0 bridgehead atoms. The van der Waals surface area contributed by atoms with Gasteiger partial charge < -0.3 is 4.90 Å². The van der Waals surface area contributed by atoms with Gasteiger partial charge in [0.25, 0.3) is 0 Å². The number of carbonyl (C=O) groups excluding carboxylic acids is 2. The molecule has 0 spiro atoms. The highest BCUT2D eigenvalue weighted by molar-refractivity contribution is 6.01. The van der Waals surface area contributed by atoms with Crippen LogP contribution in [0, 0.1) is 0 Å². The summed E-state index contributed by atoms with van der Waals surface area (Å²) in [7, 11) is 1.84. The molecule has 0 aliphatic carbocycles. The molecule has 0 saturated heterocycles. The van der Waals surface area contributed by atoms with Gasteiger partial charge in [-0.2, -0.15) is 0 Å². The molecule has 0 radical (unpaired) electrons. The first-order valence-corrected chi connectivity index (χ1v) is 8.75. The van der Waals surface area contributed by atoms with Crippen LogP contribution in [-0.2, 0) is 16.0 Å². The average molecular weight is 316 g/mol. The standard InChI is InChI=1S/C19H28N2O2/c1-4-6-14-20(3)19(23)16(5-2)21-17-12-8-7-10-15(17)11-9-13-18(21)22/h7-8,10,12,16H,4-6,9,11,13-14H2,1-3H3/t16-/m0/s1. The summed E-state index contributed by atoms with van der Waals surface area (Å²) in [5.41, 5.74) is 2.08. The van der Waals surface area contributed by atoms with Gasteiger partial charge >= 0.3 is 0 Å². The summed E-state index contributed by atoms with van der Waals surface area (Å²) in [6, 6.07) is 7.59. The van der Waals surface area contributed by atoms with E-state index in [1.54, 1.807) is 9.80 Å². The monoisotopic (exact) mass is 316 g/mol. The maximum Gasteiger partial charge on any atom is 0.245 e. The van der Waals surface area contributed by atoms with Crippen LogP contribution in [0.15, 0.2) is 24.3 Å². The van der Waals surface area contributed by atoms with Gasteiger partial charge in [-0.3, -0.25) is 14.5 Å². The summed E-state index contributed by atoms with van der Waals surface area (Å²) in [4.78, 5) is 29.1. The predicted octanol–water partition coefficient (Wildman–Crippen LogP) is 3.39. The highest BCUT2D eigenvalue weighted by Gasteiger charge is 2.33. The second-order valence-electron chi connectivity index (χ2n) is 6.28. The number of likely N-dealkylation sites (N-methyl/N-ethyl adjacent to an activating group) is 1. The van der Waals surface area contributed by atoms with E-state index in [1.165, 1.54) is 5.56 Å². The molecule has 2 rings (SSSR count). The number of anilines is 1. The molecule has 1 aliphatic heterocycles. The SMILES string of the molecule is CCCCN(C)C(=O)[C@H](CC)N1C(=O)CCCc2ccccc21. The third-order valence-corrected chi connectivity index (χ3v) is 4.56. The number of para-hydroxylation sites is 1. The Morgan fingerprint density at radius 2 is 2.00 bits per heavy atom. The number of carbonyl (C=O) groups is 2. The van der Waals surface area contributed by atoms with Crippen LogP contribution in [0.1, 0.15) is 51.5 Å². The van der Waals surface area contributed by atoms with Gasteiger partial charge in [0.15, 0.2) is 0 Å². The Hall–Kier alpha value is -1.84. The van der Waals surface area contributed by atoms with E-state index in [-0.39, 0.29) is 11.8 Å². The van der Waals surface area contributed by atoms with Crippen molar-refractivity contribution in [3.8, 4) is 0 Å². The van der Waals surface area contributed by atoms with Crippen molar-refractivity contribution in [2.75, 3.05) is 18.5 Å². The van der Waals surface area contributed by atoms with Crippen LogP contribution < -0.4 is 4.90 Å². The van der Waals surface area contributed by atoms with Gasteiger partial charge in [0.1, 0.15) is 6.04 Å². The van der Waals surface area contributed by atoms with Crippen molar-refractivity contribution in [2.45, 2.75) is 58.4 Å². The number of aryl methyl sites for hydroxylation is 1. The number of amides is 2. The van der Waals surface area contributed by atoms with Gasteiger partial charge in [-0.25, -0.2) is 0 Å². The molecule has 1 aliphatic rings. The fourth-order valence-corrected chi connectivity index (χ4v) is 3.21. The lowest BCUT2D eigenvalue weighted by Crippen LogP contribution is -2.50. The third kappa shape index (κ3) is 3.92. The maximum absolute atomic E-state index is 12.9. The topological polar surface area (TPSA) is 40.6 Å². The minimum Gasteiger partial charge on any atom is -0.344 e. The quantitative estimate of drug-likeness (QED) is 0.807. The number of benzene rings is 1. The molecule has 0 saturated carbocycles. The van der Waals surface area contributed by atoms with Gasteiger partial charge in [-0.15, -0.1) is 0 Å². The molecule has 4 nitrogen and oxygen atoms in total. The molecule has 1 atom stereocenters. The molecule has 1 aromatic carbocycles. The largest absolute Gasteiger partial charge is 0.344 e. The normalized spacial score (nSPS) is 15.8. The van der Waals surface area contributed by atoms with E-state index >= 15 is 0 Å². The molecule has 0 unspecified atom stereocenters. The van der Waals surface area contributed by atoms with Gasteiger partial charge in [0.05, 0.1) is 0 Å². The number of nitrogens with zero attached hydrogens (tertiary/aromatic N) is 2. The molecule has 23 heavy (non-hydrogen) atoms. The van der Waals surface area contributed by atoms with Crippen LogP contribution in [0.3, 0.4) is 0 Å². The smallest absolute Gasteiger partial charge is 0.245 e. The lowest BCUT2D eigenvalue weighted by atomic mass is 10.1. The van der Waals surface area contributed by atoms with Crippen molar-refractivity contribution in [2.24, 2.45) is 0 Å². The lowest BCUT2D eigenvalue weighted by molar-refractivity contribution is -0.133. The van der Waals surface area contributed by atoms with Crippen molar-refractivity contribution in [3.63, 3.8) is 0 Å². The molecule has 1 aromatic rings. The second-order valence-corrected chi connectivity index (χ2v) is 6.28. The third-order valence-electron chi connectivity index (χ3n) is 4.56. The Morgan fingerprint density at radius 3 is 2.70 bits per heavy atom. The molecule has 1 heterocycles. The van der Waals surface area contributed by atoms with Crippen LogP contribution in [0.2, 0.25) is 0 Å². The number of rotatable bonds is 6. The first kappa shape index (κ1) is 17.5. The van der Waals surface area contributed by atoms with Gasteiger partial charge in [-0.05, 0) is 37.3 Å². The molecule has 0 aromatic heterocycles. The van der Waals surface area contributed by atoms with E-state index in [0.29, 0.717) is 12.8 Å². The Bertz CT molecular complexity index is 556. The van der Waals surface area contributed by atoms with E-state index in [9.17, 15) is 9.59 Å². The fraction of sp³-hybridized carbons (Fsp3) is 0.579. The summed E-state index contributed by atoms with van der Waals surface area (Å²) >= 11 is 0. The highest BCUT2D eigenvalue weighted by atomic mass is 16.2. The van der Waals surface area contributed by atoms with Gasteiger partial charge in [0, 0.05) is 25.7 Å². The lowest BCUT2D eigenvalue weighted by Gasteiger charge is -2.33. The molecule has 0 fully saturated rings. The maximum atomic E-state index is 12.9. The summed E-state index contributed by atoms with van der Waals surface area (Å²) < 4.78 is 0. The number of hydrogen-bond donors (Lipinski definition) is 0. The minimum absolute atomic E-state index is 0.0472. The van der Waals surface area contributed by atoms with Crippen molar-refractivity contribution < 1.29 is 9.59 Å². The average Bonchev–Trinajstić information content (AvgIpc) is 2.72. The molecular weight excluding hydrogens is 288 g/mol. The second kappa shape index (κ2) is 8.14. The van der Waals surface area contributed by atoms with Crippen LogP contribution in [0.5, 0.6) is 0 Å². The fourth-order valence-electron chi connectivity index (χ4n) is 3.21. The van der Waals surface area contributed by atoms with Crippen molar-refractivity contribution >= 4 is 17.5 Å². The number of fused-ring (bicyclic) bond motifs is 1. The van der Waals surface area contributed by atoms with E-state index < -0.39 is 6.04 Å². The summed E-state index contributed by atoms with van der Waals surface area (Å²) in [6.07, 6.45) is 4.94. The highest BCUT2D eigenvalue weighted by Crippen LogP contribution is 2.29. The Balaban J connectivity index is 2.31. The first-order valence-electron chi connectivity index (χ1n) is 8.75. The van der Waals surface area contributed by atoms with Crippen LogP contribution in [0.25, 0.3) is 0 Å². The van der Waals surface area contributed by atoms with Crippen LogP contribution in [-0.4, -0.2) is 36.3 Å². The summed E-state index contributed by atoms with van der Waals surface area (Å²) in [6.45, 7) is 4.84.